The summed E-state index contributed by atoms with van der Waals surface area (Å²) in [5, 5.41) is 0. The fraction of sp³-hybridized carbons (Fsp3) is 0.778. The molecule has 1 aliphatic heterocycles. The molecule has 0 aromatic rings. The monoisotopic (exact) mass is 184 g/mol. The average molecular weight is 184 g/mol. The summed E-state index contributed by atoms with van der Waals surface area (Å²) in [5.41, 5.74) is 5.28. The maximum Gasteiger partial charge on any atom is 0.220 e. The van der Waals surface area contributed by atoms with Gasteiger partial charge in [-0.05, 0) is 19.3 Å². The van der Waals surface area contributed by atoms with Crippen LogP contribution in [0.3, 0.4) is 0 Å². The summed E-state index contributed by atoms with van der Waals surface area (Å²) < 4.78 is 0. The molecule has 1 unspecified atom stereocenters. The molecule has 1 heterocycles. The molecule has 74 valence electrons. The molecule has 1 amide bonds. The van der Waals surface area contributed by atoms with Crippen molar-refractivity contribution in [3.63, 3.8) is 0 Å². The van der Waals surface area contributed by atoms with Gasteiger partial charge >= 0.3 is 0 Å². The van der Waals surface area contributed by atoms with Crippen molar-refractivity contribution in [3.8, 4) is 0 Å². The van der Waals surface area contributed by atoms with Crippen LogP contribution < -0.4 is 5.73 Å². The van der Waals surface area contributed by atoms with Crippen molar-refractivity contribution in [2.45, 2.75) is 32.2 Å². The van der Waals surface area contributed by atoms with Crippen molar-refractivity contribution < 1.29 is 9.59 Å². The van der Waals surface area contributed by atoms with E-state index < -0.39 is 0 Å². The molecule has 1 fully saturated rings. The average Bonchev–Trinajstić information content (AvgIpc) is 2.16. The largest absolute Gasteiger partial charge is 0.333 e. The van der Waals surface area contributed by atoms with Gasteiger partial charge in [-0.3, -0.25) is 9.59 Å². The van der Waals surface area contributed by atoms with E-state index in [1.165, 1.54) is 6.92 Å². The third kappa shape index (κ3) is 2.28. The first-order valence-electron chi connectivity index (χ1n) is 4.67. The molecular weight excluding hydrogens is 168 g/mol. The number of nitrogens with zero attached hydrogens (tertiary/aromatic N) is 1. The maximum absolute atomic E-state index is 11.4. The molecule has 4 heteroatoms. The Labute approximate surface area is 78.1 Å². The molecule has 1 atom stereocenters. The predicted octanol–water partition coefficient (Wildman–Crippen LogP) is -0.0848. The van der Waals surface area contributed by atoms with Crippen LogP contribution in [0.15, 0.2) is 0 Å². The van der Waals surface area contributed by atoms with E-state index in [1.807, 2.05) is 0 Å². The number of likely N-dealkylation sites (tertiary alicyclic amines) is 1. The van der Waals surface area contributed by atoms with E-state index in [-0.39, 0.29) is 24.3 Å². The zero-order valence-corrected chi connectivity index (χ0v) is 7.95. The van der Waals surface area contributed by atoms with Crippen LogP contribution in [0, 0.1) is 0 Å². The van der Waals surface area contributed by atoms with Gasteiger partial charge in [0.2, 0.25) is 5.91 Å². The molecule has 1 saturated heterocycles. The van der Waals surface area contributed by atoms with Gasteiger partial charge in [-0.2, -0.15) is 0 Å². The molecule has 1 aliphatic rings. The Balaban J connectivity index is 2.67. The van der Waals surface area contributed by atoms with E-state index in [0.29, 0.717) is 6.54 Å². The molecule has 0 bridgehead atoms. The van der Waals surface area contributed by atoms with Gasteiger partial charge in [0.05, 0.1) is 12.6 Å². The number of piperidine rings is 1. The Morgan fingerprint density at radius 1 is 1.46 bits per heavy atom. The third-order valence-electron chi connectivity index (χ3n) is 2.48. The molecular formula is C9H16N2O2. The van der Waals surface area contributed by atoms with Crippen molar-refractivity contribution in [2.75, 3.05) is 13.1 Å². The van der Waals surface area contributed by atoms with Crippen LogP contribution in [0.2, 0.25) is 0 Å². The number of amides is 1. The number of hydrogen-bond acceptors (Lipinski definition) is 3. The number of carbonyl (C=O) groups is 2. The van der Waals surface area contributed by atoms with Crippen molar-refractivity contribution in [2.24, 2.45) is 5.73 Å². The van der Waals surface area contributed by atoms with Crippen LogP contribution in [-0.2, 0) is 9.59 Å². The Morgan fingerprint density at radius 3 is 2.69 bits per heavy atom. The van der Waals surface area contributed by atoms with Crippen molar-refractivity contribution in [1.82, 2.24) is 4.90 Å². The lowest BCUT2D eigenvalue weighted by Gasteiger charge is -2.33. The van der Waals surface area contributed by atoms with Gasteiger partial charge in [-0.1, -0.05) is 0 Å². The minimum absolute atomic E-state index is 0.0186. The zero-order valence-electron chi connectivity index (χ0n) is 7.95. The number of ketones is 1. The van der Waals surface area contributed by atoms with Crippen molar-refractivity contribution in [1.29, 1.82) is 0 Å². The molecule has 0 saturated carbocycles. The molecule has 0 aromatic heterocycles. The highest BCUT2D eigenvalue weighted by molar-refractivity contribution is 5.89. The van der Waals surface area contributed by atoms with E-state index in [9.17, 15) is 9.59 Å². The molecule has 2 N–H and O–H groups in total. The Morgan fingerprint density at radius 2 is 2.15 bits per heavy atom. The highest BCUT2D eigenvalue weighted by Gasteiger charge is 2.28. The molecule has 0 spiro atoms. The first-order valence-corrected chi connectivity index (χ1v) is 4.67. The van der Waals surface area contributed by atoms with Crippen molar-refractivity contribution in [3.05, 3.63) is 0 Å². The van der Waals surface area contributed by atoms with E-state index in [1.54, 1.807) is 4.90 Å². The fourth-order valence-electron chi connectivity index (χ4n) is 1.78. The second-order valence-corrected chi connectivity index (χ2v) is 3.39. The van der Waals surface area contributed by atoms with E-state index in [0.717, 1.165) is 19.3 Å². The van der Waals surface area contributed by atoms with Gasteiger partial charge in [-0.15, -0.1) is 0 Å². The van der Waals surface area contributed by atoms with Crippen LogP contribution in [0.1, 0.15) is 26.2 Å². The number of hydrogen-bond donors (Lipinski definition) is 1. The minimum atomic E-state index is -0.253. The molecule has 1 rings (SSSR count). The summed E-state index contributed by atoms with van der Waals surface area (Å²) in [6.07, 6.45) is 2.78. The number of rotatable bonds is 2. The third-order valence-corrected chi connectivity index (χ3v) is 2.48. The van der Waals surface area contributed by atoms with Crippen LogP contribution in [0.25, 0.3) is 0 Å². The first-order chi connectivity index (χ1) is 6.16. The highest BCUT2D eigenvalue weighted by atomic mass is 16.2. The van der Waals surface area contributed by atoms with Gasteiger partial charge in [0, 0.05) is 13.5 Å². The van der Waals surface area contributed by atoms with Crippen LogP contribution >= 0.6 is 0 Å². The molecule has 13 heavy (non-hydrogen) atoms. The lowest BCUT2D eigenvalue weighted by molar-refractivity contribution is -0.139. The normalized spacial score (nSPS) is 22.9. The van der Waals surface area contributed by atoms with Crippen LogP contribution in [-0.4, -0.2) is 35.7 Å². The summed E-state index contributed by atoms with van der Waals surface area (Å²) in [7, 11) is 0. The summed E-state index contributed by atoms with van der Waals surface area (Å²) in [5.74, 6) is -0.0404. The van der Waals surface area contributed by atoms with Gasteiger partial charge in [-0.25, -0.2) is 0 Å². The first kappa shape index (κ1) is 10.2. The van der Waals surface area contributed by atoms with Crippen LogP contribution in [0.4, 0.5) is 0 Å². The number of nitrogens with two attached hydrogens (primary N) is 1. The van der Waals surface area contributed by atoms with Gasteiger partial charge < -0.3 is 10.6 Å². The Hall–Kier alpha value is -0.900. The van der Waals surface area contributed by atoms with Gasteiger partial charge in [0.15, 0.2) is 5.78 Å². The minimum Gasteiger partial charge on any atom is -0.333 e. The summed E-state index contributed by atoms with van der Waals surface area (Å²) in [6.45, 7) is 2.24. The smallest absolute Gasteiger partial charge is 0.220 e. The lowest BCUT2D eigenvalue weighted by Crippen LogP contribution is -2.48. The number of Topliss-reactive ketones (excluding diaryl/α,β-unsaturated/α-hetero) is 1. The molecule has 0 aliphatic carbocycles. The topological polar surface area (TPSA) is 63.4 Å². The van der Waals surface area contributed by atoms with Crippen LogP contribution in [0.5, 0.6) is 0 Å². The Kier molecular flexibility index (Phi) is 3.42. The Bertz CT molecular complexity index is 216. The SMILES string of the molecule is CC(=O)N1CCCCC1C(=O)CN. The molecule has 4 nitrogen and oxygen atoms in total. The quantitative estimate of drug-likeness (QED) is 0.652. The second-order valence-electron chi connectivity index (χ2n) is 3.39. The second kappa shape index (κ2) is 4.37. The predicted molar refractivity (Wildman–Crippen MR) is 49.1 cm³/mol. The van der Waals surface area contributed by atoms with Gasteiger partial charge in [0.25, 0.3) is 0 Å². The van der Waals surface area contributed by atoms with E-state index in [4.69, 9.17) is 5.73 Å². The lowest BCUT2D eigenvalue weighted by atomic mass is 9.98. The highest BCUT2D eigenvalue weighted by Crippen LogP contribution is 2.17. The maximum atomic E-state index is 11.4. The molecule has 0 radical (unpaired) electrons. The van der Waals surface area contributed by atoms with E-state index in [2.05, 4.69) is 0 Å². The summed E-state index contributed by atoms with van der Waals surface area (Å²) >= 11 is 0. The summed E-state index contributed by atoms with van der Waals surface area (Å²) in [6, 6.07) is -0.253. The van der Waals surface area contributed by atoms with E-state index >= 15 is 0 Å². The van der Waals surface area contributed by atoms with Gasteiger partial charge in [0.1, 0.15) is 0 Å². The number of carbonyl (C=O) groups excluding carboxylic acids is 2. The molecule has 0 aromatic carbocycles. The zero-order chi connectivity index (χ0) is 9.84. The fourth-order valence-corrected chi connectivity index (χ4v) is 1.78. The summed E-state index contributed by atoms with van der Waals surface area (Å²) in [4.78, 5) is 24.2. The van der Waals surface area contributed by atoms with Crippen molar-refractivity contribution >= 4 is 11.7 Å². The standard InChI is InChI=1S/C9H16N2O2/c1-7(12)11-5-3-2-4-8(11)9(13)6-10/h8H,2-6,10H2,1H3.